The van der Waals surface area contributed by atoms with Crippen molar-refractivity contribution in [2.24, 2.45) is 0 Å². The second-order valence-corrected chi connectivity index (χ2v) is 5.16. The molecule has 88 valence electrons. The molecular formula is C12H18N2OS. The van der Waals surface area contributed by atoms with E-state index in [9.17, 15) is 4.79 Å². The molecule has 0 bridgehead atoms. The molecule has 1 unspecified atom stereocenters. The van der Waals surface area contributed by atoms with E-state index in [0.29, 0.717) is 12.5 Å². The molecular weight excluding hydrogens is 220 g/mol. The molecule has 4 heteroatoms. The van der Waals surface area contributed by atoms with Crippen LogP contribution in [0.5, 0.6) is 0 Å². The highest BCUT2D eigenvalue weighted by Gasteiger charge is 2.19. The van der Waals surface area contributed by atoms with E-state index in [-0.39, 0.29) is 5.91 Å². The zero-order chi connectivity index (χ0) is 11.4. The lowest BCUT2D eigenvalue weighted by Crippen LogP contribution is -2.32. The van der Waals surface area contributed by atoms with E-state index in [1.807, 2.05) is 17.3 Å². The van der Waals surface area contributed by atoms with Crippen LogP contribution in [0.2, 0.25) is 0 Å². The lowest BCUT2D eigenvalue weighted by Gasteiger charge is -2.18. The number of amides is 1. The van der Waals surface area contributed by atoms with Gasteiger partial charge in [-0.25, -0.2) is 0 Å². The van der Waals surface area contributed by atoms with E-state index in [4.69, 9.17) is 0 Å². The van der Waals surface area contributed by atoms with Gasteiger partial charge in [0.1, 0.15) is 0 Å². The number of hydrogen-bond donors (Lipinski definition) is 1. The molecule has 1 N–H and O–H groups in total. The SMILES string of the molecule is CN(Cc1ccsc1)C(=O)CC1CCCN1. The molecule has 0 aromatic carbocycles. The second-order valence-electron chi connectivity index (χ2n) is 4.38. The summed E-state index contributed by atoms with van der Waals surface area (Å²) in [5.74, 6) is 0.241. The number of thiophene rings is 1. The fourth-order valence-corrected chi connectivity index (χ4v) is 2.70. The number of hydrogen-bond acceptors (Lipinski definition) is 3. The van der Waals surface area contributed by atoms with Crippen LogP contribution in [0.1, 0.15) is 24.8 Å². The molecule has 2 rings (SSSR count). The minimum atomic E-state index is 0.241. The first-order valence-corrected chi connectivity index (χ1v) is 6.68. The van der Waals surface area contributed by atoms with Crippen molar-refractivity contribution in [1.29, 1.82) is 0 Å². The summed E-state index contributed by atoms with van der Waals surface area (Å²) in [4.78, 5) is 13.7. The lowest BCUT2D eigenvalue weighted by atomic mass is 10.1. The lowest BCUT2D eigenvalue weighted by molar-refractivity contribution is -0.130. The van der Waals surface area contributed by atoms with Crippen molar-refractivity contribution < 1.29 is 4.79 Å². The molecule has 0 aliphatic carbocycles. The van der Waals surface area contributed by atoms with Crippen LogP contribution in [0, 0.1) is 0 Å². The van der Waals surface area contributed by atoms with Crippen LogP contribution in [0.25, 0.3) is 0 Å². The fraction of sp³-hybridized carbons (Fsp3) is 0.583. The summed E-state index contributed by atoms with van der Waals surface area (Å²) in [6.45, 7) is 1.79. The second kappa shape index (κ2) is 5.46. The molecule has 1 amide bonds. The van der Waals surface area contributed by atoms with Crippen molar-refractivity contribution in [3.8, 4) is 0 Å². The molecule has 0 radical (unpaired) electrons. The van der Waals surface area contributed by atoms with Crippen molar-refractivity contribution in [3.05, 3.63) is 22.4 Å². The van der Waals surface area contributed by atoms with Crippen LogP contribution in [-0.4, -0.2) is 30.4 Å². The van der Waals surface area contributed by atoms with Gasteiger partial charge in [0.25, 0.3) is 0 Å². The van der Waals surface area contributed by atoms with Gasteiger partial charge in [0, 0.05) is 26.1 Å². The predicted octanol–water partition coefficient (Wildman–Crippen LogP) is 1.85. The summed E-state index contributed by atoms with van der Waals surface area (Å²) < 4.78 is 0. The average Bonchev–Trinajstić information content (AvgIpc) is 2.90. The van der Waals surface area contributed by atoms with E-state index in [1.165, 1.54) is 12.0 Å². The Balaban J connectivity index is 1.79. The van der Waals surface area contributed by atoms with Gasteiger partial charge in [-0.15, -0.1) is 0 Å². The molecule has 1 aliphatic rings. The number of nitrogens with zero attached hydrogens (tertiary/aromatic N) is 1. The third kappa shape index (κ3) is 3.06. The van der Waals surface area contributed by atoms with Crippen LogP contribution in [-0.2, 0) is 11.3 Å². The summed E-state index contributed by atoms with van der Waals surface area (Å²) >= 11 is 1.68. The molecule has 1 aromatic heterocycles. The standard InChI is InChI=1S/C12H18N2OS/c1-14(8-10-4-6-16-9-10)12(15)7-11-3-2-5-13-11/h4,6,9,11,13H,2-3,5,7-8H2,1H3. The van der Waals surface area contributed by atoms with E-state index in [2.05, 4.69) is 16.8 Å². The quantitative estimate of drug-likeness (QED) is 0.868. The maximum Gasteiger partial charge on any atom is 0.224 e. The summed E-state index contributed by atoms with van der Waals surface area (Å²) in [5, 5.41) is 7.50. The van der Waals surface area contributed by atoms with Gasteiger partial charge in [-0.2, -0.15) is 11.3 Å². The summed E-state index contributed by atoms with van der Waals surface area (Å²) in [6, 6.07) is 2.47. The highest BCUT2D eigenvalue weighted by Crippen LogP contribution is 2.12. The van der Waals surface area contributed by atoms with Crippen molar-refractivity contribution in [1.82, 2.24) is 10.2 Å². The molecule has 1 fully saturated rings. The molecule has 0 saturated carbocycles. The molecule has 1 aromatic rings. The van der Waals surface area contributed by atoms with E-state index in [0.717, 1.165) is 19.5 Å². The average molecular weight is 238 g/mol. The minimum absolute atomic E-state index is 0.241. The summed E-state index contributed by atoms with van der Waals surface area (Å²) in [6.07, 6.45) is 2.98. The van der Waals surface area contributed by atoms with Gasteiger partial charge in [0.05, 0.1) is 0 Å². The topological polar surface area (TPSA) is 32.3 Å². The molecule has 1 aliphatic heterocycles. The highest BCUT2D eigenvalue weighted by molar-refractivity contribution is 7.07. The van der Waals surface area contributed by atoms with Crippen LogP contribution in [0.4, 0.5) is 0 Å². The van der Waals surface area contributed by atoms with E-state index >= 15 is 0 Å². The Morgan fingerprint density at radius 2 is 2.56 bits per heavy atom. The van der Waals surface area contributed by atoms with E-state index < -0.39 is 0 Å². The number of carbonyl (C=O) groups is 1. The Hall–Kier alpha value is -0.870. The largest absolute Gasteiger partial charge is 0.341 e. The van der Waals surface area contributed by atoms with E-state index in [1.54, 1.807) is 11.3 Å². The van der Waals surface area contributed by atoms with Gasteiger partial charge in [0.2, 0.25) is 5.91 Å². The van der Waals surface area contributed by atoms with Gasteiger partial charge in [-0.05, 0) is 41.8 Å². The Morgan fingerprint density at radius 1 is 1.69 bits per heavy atom. The van der Waals surface area contributed by atoms with Crippen LogP contribution < -0.4 is 5.32 Å². The maximum atomic E-state index is 11.9. The normalized spacial score (nSPS) is 19.9. The summed E-state index contributed by atoms with van der Waals surface area (Å²) in [5.41, 5.74) is 1.22. The molecule has 16 heavy (non-hydrogen) atoms. The Bertz CT molecular complexity index is 331. The van der Waals surface area contributed by atoms with Crippen molar-refractivity contribution in [2.45, 2.75) is 31.8 Å². The van der Waals surface area contributed by atoms with Gasteiger partial charge in [-0.1, -0.05) is 0 Å². The van der Waals surface area contributed by atoms with Gasteiger partial charge in [-0.3, -0.25) is 4.79 Å². The van der Waals surface area contributed by atoms with Gasteiger partial charge < -0.3 is 10.2 Å². The van der Waals surface area contributed by atoms with Gasteiger partial charge >= 0.3 is 0 Å². The molecule has 2 heterocycles. The molecule has 1 saturated heterocycles. The van der Waals surface area contributed by atoms with Crippen LogP contribution in [0.3, 0.4) is 0 Å². The van der Waals surface area contributed by atoms with Crippen molar-refractivity contribution in [2.75, 3.05) is 13.6 Å². The van der Waals surface area contributed by atoms with Crippen molar-refractivity contribution >= 4 is 17.2 Å². The van der Waals surface area contributed by atoms with Crippen LogP contribution >= 0.6 is 11.3 Å². The zero-order valence-electron chi connectivity index (χ0n) is 9.61. The summed E-state index contributed by atoms with van der Waals surface area (Å²) in [7, 11) is 1.88. The first-order valence-electron chi connectivity index (χ1n) is 5.74. The molecule has 3 nitrogen and oxygen atoms in total. The number of carbonyl (C=O) groups excluding carboxylic acids is 1. The highest BCUT2D eigenvalue weighted by atomic mass is 32.1. The first kappa shape index (κ1) is 11.6. The van der Waals surface area contributed by atoms with Crippen molar-refractivity contribution in [3.63, 3.8) is 0 Å². The fourth-order valence-electron chi connectivity index (χ4n) is 2.04. The maximum absolute atomic E-state index is 11.9. The third-order valence-electron chi connectivity index (χ3n) is 3.01. The zero-order valence-corrected chi connectivity index (χ0v) is 10.4. The Morgan fingerprint density at radius 3 is 3.19 bits per heavy atom. The number of nitrogens with one attached hydrogen (secondary N) is 1. The Labute approximate surface area is 100 Å². The third-order valence-corrected chi connectivity index (χ3v) is 3.74. The van der Waals surface area contributed by atoms with Gasteiger partial charge in [0.15, 0.2) is 0 Å². The first-order chi connectivity index (χ1) is 7.75. The monoisotopic (exact) mass is 238 g/mol. The van der Waals surface area contributed by atoms with Crippen LogP contribution in [0.15, 0.2) is 16.8 Å². The molecule has 0 spiro atoms. The minimum Gasteiger partial charge on any atom is -0.341 e. The Kier molecular flexibility index (Phi) is 3.96. The predicted molar refractivity (Wildman–Crippen MR) is 66.4 cm³/mol. The number of rotatable bonds is 4. The molecule has 1 atom stereocenters. The smallest absolute Gasteiger partial charge is 0.224 e.